The lowest BCUT2D eigenvalue weighted by atomic mass is 10.0. The summed E-state index contributed by atoms with van der Waals surface area (Å²) in [4.78, 5) is 50.6. The average molecular weight is 632 g/mol. The van der Waals surface area contributed by atoms with Crippen molar-refractivity contribution in [3.8, 4) is 0 Å². The molecule has 2 unspecified atom stereocenters. The van der Waals surface area contributed by atoms with Crippen LogP contribution in [-0.4, -0.2) is 91.3 Å². The number of para-hydroxylation sites is 2. The molecule has 0 radical (unpaired) electrons. The fraction of sp³-hybridized carbons (Fsp3) is 0.524. The Morgan fingerprint density at radius 3 is 1.98 bits per heavy atom. The molecule has 10 nitrogen and oxygen atoms in total. The molecule has 0 spiro atoms. The fourth-order valence-corrected chi connectivity index (χ4v) is 3.30. The van der Waals surface area contributed by atoms with E-state index >= 15 is 0 Å². The molecule has 0 bridgehead atoms. The van der Waals surface area contributed by atoms with Gasteiger partial charge < -0.3 is 20.5 Å². The van der Waals surface area contributed by atoms with Crippen LogP contribution in [0.2, 0.25) is 0 Å². The van der Waals surface area contributed by atoms with E-state index in [1.54, 1.807) is 5.32 Å². The zero-order valence-electron chi connectivity index (χ0n) is 20.8. The highest BCUT2D eigenvalue weighted by Gasteiger charge is 2.58. The van der Waals surface area contributed by atoms with E-state index in [9.17, 15) is 72.6 Å². The summed E-state index contributed by atoms with van der Waals surface area (Å²) < 4.78 is 145. The number of amides is 4. The number of fused-ring (bicyclic) bond motifs is 1. The maximum Gasteiger partial charge on any atom is 0.455 e. The Bertz CT molecular complexity index is 1200. The minimum absolute atomic E-state index is 0.0318. The van der Waals surface area contributed by atoms with Crippen molar-refractivity contribution in [3.05, 3.63) is 24.3 Å². The lowest BCUT2D eigenvalue weighted by Gasteiger charge is -2.29. The van der Waals surface area contributed by atoms with Gasteiger partial charge in [-0.25, -0.2) is 4.79 Å². The van der Waals surface area contributed by atoms with Crippen molar-refractivity contribution in [1.29, 1.82) is 0 Å². The molecule has 1 aliphatic heterocycles. The number of benzene rings is 1. The summed E-state index contributed by atoms with van der Waals surface area (Å²) in [6, 6.07) is 1.60. The Morgan fingerprint density at radius 1 is 0.929 bits per heavy atom. The number of carbonyl (C=O) groups excluding carboxylic acids is 4. The minimum atomic E-state index is -6.15. The highest BCUT2D eigenvalue weighted by Crippen LogP contribution is 2.36. The number of nitrogens with zero attached hydrogens (tertiary/aromatic N) is 2. The third-order valence-corrected chi connectivity index (χ3v) is 5.38. The maximum absolute atomic E-state index is 13.4. The van der Waals surface area contributed by atoms with Gasteiger partial charge >= 0.3 is 30.5 Å². The number of ether oxygens (including phenoxy) is 1. The summed E-state index contributed by atoms with van der Waals surface area (Å²) >= 11 is 0. The van der Waals surface area contributed by atoms with Gasteiger partial charge in [-0.05, 0) is 19.1 Å². The number of rotatable bonds is 7. The molecule has 0 saturated carbocycles. The molecule has 2 rings (SSSR count). The van der Waals surface area contributed by atoms with Crippen LogP contribution in [0.15, 0.2) is 24.3 Å². The molecule has 1 aromatic rings. The Morgan fingerprint density at radius 2 is 1.48 bits per heavy atom. The first kappa shape index (κ1) is 34.3. The molecule has 0 aromatic heterocycles. The van der Waals surface area contributed by atoms with Crippen molar-refractivity contribution in [1.82, 2.24) is 10.6 Å². The van der Waals surface area contributed by atoms with Gasteiger partial charge in [-0.1, -0.05) is 12.1 Å². The average Bonchev–Trinajstić information content (AvgIpc) is 2.94. The standard InChI is InChI=1S/C21H19F11N4O6/c1-17(41,14(38)33-7-18(22,23)21(30,31)32)15(39)34-10-6-35(16(40)42-9-20(27,28)29)11-4-2-3-5-12(11)36(13(10)37)8-19(24,25)26/h2-5,10,41H,6-9H2,1H3,(H,33,38)(H,34,39). The van der Waals surface area contributed by atoms with Crippen LogP contribution < -0.4 is 20.4 Å². The van der Waals surface area contributed by atoms with Crippen molar-refractivity contribution in [2.45, 2.75) is 43.0 Å². The second-order valence-electron chi connectivity index (χ2n) is 8.79. The first-order valence-electron chi connectivity index (χ1n) is 11.1. The summed E-state index contributed by atoms with van der Waals surface area (Å²) in [6.45, 7) is -7.70. The van der Waals surface area contributed by atoms with Crippen molar-refractivity contribution < 1.29 is 77.3 Å². The van der Waals surface area contributed by atoms with Crippen molar-refractivity contribution in [2.75, 3.05) is 36.0 Å². The van der Waals surface area contributed by atoms with Crippen LogP contribution in [0.5, 0.6) is 0 Å². The minimum Gasteiger partial charge on any atom is -0.439 e. The Balaban J connectivity index is 2.43. The summed E-state index contributed by atoms with van der Waals surface area (Å²) in [7, 11) is 0. The quantitative estimate of drug-likeness (QED) is 0.314. The number of alkyl halides is 11. The van der Waals surface area contributed by atoms with Crippen molar-refractivity contribution in [2.24, 2.45) is 0 Å². The van der Waals surface area contributed by atoms with Gasteiger partial charge in [0.1, 0.15) is 12.6 Å². The third-order valence-electron chi connectivity index (χ3n) is 5.38. The number of hydrogen-bond donors (Lipinski definition) is 3. The molecule has 1 aliphatic rings. The molecular weight excluding hydrogens is 613 g/mol. The number of aliphatic hydroxyl groups is 1. The maximum atomic E-state index is 13.4. The van der Waals surface area contributed by atoms with E-state index in [1.165, 1.54) is 0 Å². The van der Waals surface area contributed by atoms with Gasteiger partial charge in [0.05, 0.1) is 24.5 Å². The van der Waals surface area contributed by atoms with Crippen molar-refractivity contribution >= 4 is 35.2 Å². The predicted molar refractivity (Wildman–Crippen MR) is 116 cm³/mol. The van der Waals surface area contributed by atoms with Crippen LogP contribution in [0, 0.1) is 0 Å². The van der Waals surface area contributed by atoms with Gasteiger partial charge in [-0.3, -0.25) is 24.2 Å². The van der Waals surface area contributed by atoms with Gasteiger partial charge in [0.25, 0.3) is 17.7 Å². The van der Waals surface area contributed by atoms with Crippen molar-refractivity contribution in [3.63, 3.8) is 0 Å². The lowest BCUT2D eigenvalue weighted by molar-refractivity contribution is -0.278. The van der Waals surface area contributed by atoms with Gasteiger partial charge in [-0.2, -0.15) is 48.3 Å². The van der Waals surface area contributed by atoms with Crippen LogP contribution in [0.4, 0.5) is 64.5 Å². The summed E-state index contributed by atoms with van der Waals surface area (Å²) in [5.74, 6) is -11.4. The monoisotopic (exact) mass is 632 g/mol. The molecule has 42 heavy (non-hydrogen) atoms. The molecule has 4 amide bonds. The molecule has 0 saturated heterocycles. The molecule has 236 valence electrons. The second kappa shape index (κ2) is 11.8. The molecule has 3 N–H and O–H groups in total. The van der Waals surface area contributed by atoms with Crippen LogP contribution in [0.1, 0.15) is 6.92 Å². The number of halogens is 11. The molecule has 0 aliphatic carbocycles. The zero-order chi connectivity index (χ0) is 32.5. The van der Waals surface area contributed by atoms with Crippen LogP contribution >= 0.6 is 0 Å². The molecule has 1 heterocycles. The topological polar surface area (TPSA) is 128 Å². The van der Waals surface area contributed by atoms with E-state index in [0.29, 0.717) is 0 Å². The second-order valence-corrected chi connectivity index (χ2v) is 8.79. The largest absolute Gasteiger partial charge is 0.455 e. The Labute approximate surface area is 227 Å². The fourth-order valence-electron chi connectivity index (χ4n) is 3.30. The lowest BCUT2D eigenvalue weighted by Crippen LogP contribution is -2.62. The van der Waals surface area contributed by atoms with E-state index in [2.05, 4.69) is 4.74 Å². The predicted octanol–water partition coefficient (Wildman–Crippen LogP) is 2.65. The Kier molecular flexibility index (Phi) is 9.60. The highest BCUT2D eigenvalue weighted by atomic mass is 19.4. The van der Waals surface area contributed by atoms with E-state index < -0.39 is 97.5 Å². The molecule has 2 atom stereocenters. The van der Waals surface area contributed by atoms with E-state index in [0.717, 1.165) is 29.6 Å². The van der Waals surface area contributed by atoms with E-state index in [4.69, 9.17) is 0 Å². The van der Waals surface area contributed by atoms with Gasteiger partial charge in [0.15, 0.2) is 6.61 Å². The molecule has 0 fully saturated rings. The smallest absolute Gasteiger partial charge is 0.439 e. The molecule has 1 aromatic carbocycles. The number of hydrogen-bond acceptors (Lipinski definition) is 6. The SMILES string of the molecule is CC(O)(C(=O)NCC(F)(F)C(F)(F)F)C(=O)NC1CN(C(=O)OCC(F)(F)F)c2ccccc2N(CC(F)(F)F)C1=O. The van der Waals surface area contributed by atoms with Crippen LogP contribution in [0.25, 0.3) is 0 Å². The van der Waals surface area contributed by atoms with Gasteiger partial charge in [0, 0.05) is 0 Å². The highest BCUT2D eigenvalue weighted by molar-refractivity contribution is 6.11. The first-order chi connectivity index (χ1) is 18.9. The number of anilines is 2. The zero-order valence-corrected chi connectivity index (χ0v) is 20.8. The van der Waals surface area contributed by atoms with Crippen LogP contribution in [-0.2, 0) is 19.1 Å². The normalized spacial score (nSPS) is 18.0. The summed E-state index contributed by atoms with van der Waals surface area (Å²) in [5, 5.41) is 12.8. The summed E-state index contributed by atoms with van der Waals surface area (Å²) in [5.41, 5.74) is -4.84. The van der Waals surface area contributed by atoms with E-state index in [-0.39, 0.29) is 16.7 Å². The van der Waals surface area contributed by atoms with Gasteiger partial charge in [0.2, 0.25) is 5.60 Å². The van der Waals surface area contributed by atoms with Gasteiger partial charge in [-0.15, -0.1) is 0 Å². The third kappa shape index (κ3) is 8.32. The summed E-state index contributed by atoms with van der Waals surface area (Å²) in [6.07, 6.45) is -18.2. The molecular formula is C21H19F11N4O6. The first-order valence-corrected chi connectivity index (χ1v) is 11.1. The number of carbonyl (C=O) groups is 4. The van der Waals surface area contributed by atoms with Crippen LogP contribution in [0.3, 0.4) is 0 Å². The molecule has 21 heteroatoms. The number of nitrogens with one attached hydrogen (secondary N) is 2. The Hall–Kier alpha value is -3.91. The van der Waals surface area contributed by atoms with E-state index in [1.807, 2.05) is 0 Å².